The molecule has 112 valence electrons. The Kier molecular flexibility index (Phi) is 5.30. The second kappa shape index (κ2) is 6.58. The molecule has 1 aliphatic carbocycles. The molecule has 1 N–H and O–H groups in total. The Hall–Kier alpha value is -0.0800. The summed E-state index contributed by atoms with van der Waals surface area (Å²) >= 11 is 0. The number of likely N-dealkylation sites (tertiary alicyclic amines) is 1. The summed E-state index contributed by atoms with van der Waals surface area (Å²) in [6, 6.07) is 1.72. The molecular weight excluding hydrogens is 232 g/mol. The minimum atomic E-state index is 0.269. The van der Waals surface area contributed by atoms with Crippen molar-refractivity contribution in [3.63, 3.8) is 0 Å². The number of hydrogen-bond acceptors (Lipinski definition) is 2. The zero-order chi connectivity index (χ0) is 13.9. The maximum Gasteiger partial charge on any atom is 0.0127 e. The van der Waals surface area contributed by atoms with Gasteiger partial charge in [-0.05, 0) is 78.8 Å². The first-order valence-electron chi connectivity index (χ1n) is 8.48. The number of nitrogens with zero attached hydrogens (tertiary/aromatic N) is 1. The SMILES string of the molecule is CC(CCCNC(C)(C)C)N1CCC2CCCCC21. The van der Waals surface area contributed by atoms with Gasteiger partial charge in [0.2, 0.25) is 0 Å². The second-order valence-corrected chi connectivity index (χ2v) is 7.81. The molecule has 3 atom stereocenters. The summed E-state index contributed by atoms with van der Waals surface area (Å²) in [6.07, 6.45) is 10.1. The van der Waals surface area contributed by atoms with Gasteiger partial charge in [-0.3, -0.25) is 4.90 Å². The first-order chi connectivity index (χ1) is 8.97. The van der Waals surface area contributed by atoms with Crippen LogP contribution in [0.2, 0.25) is 0 Å². The van der Waals surface area contributed by atoms with E-state index in [1.165, 1.54) is 51.5 Å². The van der Waals surface area contributed by atoms with E-state index >= 15 is 0 Å². The van der Waals surface area contributed by atoms with Crippen molar-refractivity contribution < 1.29 is 0 Å². The van der Waals surface area contributed by atoms with Crippen LogP contribution in [0.1, 0.15) is 72.6 Å². The van der Waals surface area contributed by atoms with Gasteiger partial charge in [0.15, 0.2) is 0 Å². The average molecular weight is 266 g/mol. The van der Waals surface area contributed by atoms with Gasteiger partial charge in [-0.1, -0.05) is 12.8 Å². The number of rotatable bonds is 5. The molecule has 2 rings (SSSR count). The first kappa shape index (κ1) is 15.3. The highest BCUT2D eigenvalue weighted by Gasteiger charge is 2.37. The van der Waals surface area contributed by atoms with Crippen molar-refractivity contribution in [2.75, 3.05) is 13.1 Å². The zero-order valence-corrected chi connectivity index (χ0v) is 13.5. The monoisotopic (exact) mass is 266 g/mol. The van der Waals surface area contributed by atoms with Crippen LogP contribution >= 0.6 is 0 Å². The molecule has 0 aromatic rings. The molecule has 2 aliphatic rings. The van der Waals surface area contributed by atoms with Crippen molar-refractivity contribution in [1.29, 1.82) is 0 Å². The van der Waals surface area contributed by atoms with Crippen LogP contribution in [-0.2, 0) is 0 Å². The highest BCUT2D eigenvalue weighted by atomic mass is 15.2. The Labute approximate surface area is 120 Å². The van der Waals surface area contributed by atoms with E-state index < -0.39 is 0 Å². The standard InChI is InChI=1S/C17H34N2/c1-14(8-7-12-18-17(2,3)4)19-13-11-15-9-5-6-10-16(15)19/h14-16,18H,5-13H2,1-4H3. The molecule has 2 nitrogen and oxygen atoms in total. The fourth-order valence-corrected chi connectivity index (χ4v) is 4.02. The molecule has 0 amide bonds. The Bertz CT molecular complexity index is 269. The third kappa shape index (κ3) is 4.46. The molecule has 0 aromatic heterocycles. The predicted molar refractivity (Wildman–Crippen MR) is 83.5 cm³/mol. The topological polar surface area (TPSA) is 15.3 Å². The lowest BCUT2D eigenvalue weighted by Gasteiger charge is -2.35. The van der Waals surface area contributed by atoms with Crippen LogP contribution in [0.5, 0.6) is 0 Å². The summed E-state index contributed by atoms with van der Waals surface area (Å²) in [5.41, 5.74) is 0.269. The summed E-state index contributed by atoms with van der Waals surface area (Å²) in [6.45, 7) is 11.7. The van der Waals surface area contributed by atoms with Crippen LogP contribution in [0.15, 0.2) is 0 Å². The van der Waals surface area contributed by atoms with E-state index in [2.05, 4.69) is 37.9 Å². The molecule has 19 heavy (non-hydrogen) atoms. The Morgan fingerprint density at radius 1 is 1.16 bits per heavy atom. The molecule has 1 saturated carbocycles. The maximum atomic E-state index is 3.61. The Morgan fingerprint density at radius 3 is 2.63 bits per heavy atom. The van der Waals surface area contributed by atoms with Gasteiger partial charge in [-0.2, -0.15) is 0 Å². The van der Waals surface area contributed by atoms with Crippen LogP contribution in [0.25, 0.3) is 0 Å². The summed E-state index contributed by atoms with van der Waals surface area (Å²) in [5, 5.41) is 3.61. The summed E-state index contributed by atoms with van der Waals surface area (Å²) in [7, 11) is 0. The Morgan fingerprint density at radius 2 is 1.89 bits per heavy atom. The third-order valence-electron chi connectivity index (χ3n) is 5.07. The van der Waals surface area contributed by atoms with Crippen molar-refractivity contribution >= 4 is 0 Å². The highest BCUT2D eigenvalue weighted by molar-refractivity contribution is 4.91. The minimum Gasteiger partial charge on any atom is -0.312 e. The van der Waals surface area contributed by atoms with Gasteiger partial charge in [0.25, 0.3) is 0 Å². The van der Waals surface area contributed by atoms with E-state index in [-0.39, 0.29) is 5.54 Å². The van der Waals surface area contributed by atoms with E-state index in [0.717, 1.165) is 24.5 Å². The number of fused-ring (bicyclic) bond motifs is 1. The second-order valence-electron chi connectivity index (χ2n) is 7.81. The molecule has 1 aliphatic heterocycles. The van der Waals surface area contributed by atoms with Gasteiger partial charge in [-0.25, -0.2) is 0 Å². The lowest BCUT2D eigenvalue weighted by molar-refractivity contribution is 0.133. The van der Waals surface area contributed by atoms with Crippen LogP contribution in [0, 0.1) is 5.92 Å². The largest absolute Gasteiger partial charge is 0.312 e. The summed E-state index contributed by atoms with van der Waals surface area (Å²) < 4.78 is 0. The predicted octanol–water partition coefficient (Wildman–Crippen LogP) is 3.81. The fourth-order valence-electron chi connectivity index (χ4n) is 4.02. The van der Waals surface area contributed by atoms with Crippen LogP contribution in [0.4, 0.5) is 0 Å². The fraction of sp³-hybridized carbons (Fsp3) is 1.00. The zero-order valence-electron chi connectivity index (χ0n) is 13.5. The molecular formula is C17H34N2. The summed E-state index contributed by atoms with van der Waals surface area (Å²) in [4.78, 5) is 2.83. The molecule has 0 radical (unpaired) electrons. The van der Waals surface area contributed by atoms with Gasteiger partial charge < -0.3 is 5.32 Å². The molecule has 0 aromatic carbocycles. The van der Waals surface area contributed by atoms with E-state index in [9.17, 15) is 0 Å². The van der Waals surface area contributed by atoms with Crippen molar-refractivity contribution in [3.8, 4) is 0 Å². The van der Waals surface area contributed by atoms with E-state index in [0.29, 0.717) is 0 Å². The molecule has 0 bridgehead atoms. The molecule has 2 fully saturated rings. The third-order valence-corrected chi connectivity index (χ3v) is 5.07. The van der Waals surface area contributed by atoms with Gasteiger partial charge >= 0.3 is 0 Å². The van der Waals surface area contributed by atoms with Crippen molar-refractivity contribution in [2.24, 2.45) is 5.92 Å². The van der Waals surface area contributed by atoms with Crippen molar-refractivity contribution in [1.82, 2.24) is 10.2 Å². The molecule has 2 heteroatoms. The number of nitrogens with one attached hydrogen (secondary N) is 1. The van der Waals surface area contributed by atoms with Gasteiger partial charge in [0.05, 0.1) is 0 Å². The quantitative estimate of drug-likeness (QED) is 0.761. The Balaban J connectivity index is 1.70. The smallest absolute Gasteiger partial charge is 0.0127 e. The van der Waals surface area contributed by atoms with Crippen molar-refractivity contribution in [3.05, 3.63) is 0 Å². The molecule has 1 saturated heterocycles. The minimum absolute atomic E-state index is 0.269. The van der Waals surface area contributed by atoms with Gasteiger partial charge in [0, 0.05) is 17.6 Å². The maximum absolute atomic E-state index is 3.61. The average Bonchev–Trinajstić information content (AvgIpc) is 2.77. The van der Waals surface area contributed by atoms with E-state index in [4.69, 9.17) is 0 Å². The van der Waals surface area contributed by atoms with E-state index in [1.807, 2.05) is 0 Å². The van der Waals surface area contributed by atoms with Gasteiger partial charge in [-0.15, -0.1) is 0 Å². The molecule has 0 spiro atoms. The van der Waals surface area contributed by atoms with Crippen LogP contribution in [0.3, 0.4) is 0 Å². The first-order valence-corrected chi connectivity index (χ1v) is 8.48. The summed E-state index contributed by atoms with van der Waals surface area (Å²) in [5.74, 6) is 1.03. The highest BCUT2D eigenvalue weighted by Crippen LogP contribution is 2.37. The normalized spacial score (nSPS) is 30.3. The molecule has 3 unspecified atom stereocenters. The van der Waals surface area contributed by atoms with Crippen molar-refractivity contribution in [2.45, 2.75) is 90.3 Å². The van der Waals surface area contributed by atoms with E-state index in [1.54, 1.807) is 0 Å². The number of hydrogen-bond donors (Lipinski definition) is 1. The lowest BCUT2D eigenvalue weighted by Crippen LogP contribution is -2.41. The van der Waals surface area contributed by atoms with Gasteiger partial charge in [0.1, 0.15) is 0 Å². The van der Waals surface area contributed by atoms with Crippen LogP contribution < -0.4 is 5.32 Å². The van der Waals surface area contributed by atoms with Crippen LogP contribution in [-0.4, -0.2) is 35.6 Å². The lowest BCUT2D eigenvalue weighted by atomic mass is 9.85. The molecule has 1 heterocycles.